The lowest BCUT2D eigenvalue weighted by molar-refractivity contribution is 0.147. The molecule has 0 unspecified atom stereocenters. The first-order valence-corrected chi connectivity index (χ1v) is 8.61. The zero-order valence-electron chi connectivity index (χ0n) is 12.0. The Morgan fingerprint density at radius 3 is 2.19 bits per heavy atom. The molecule has 2 nitrogen and oxygen atoms in total. The van der Waals surface area contributed by atoms with Gasteiger partial charge in [-0.15, -0.1) is 0 Å². The lowest BCUT2D eigenvalue weighted by atomic mass is 9.82. The summed E-state index contributed by atoms with van der Waals surface area (Å²) in [4.78, 5) is 0.745. The van der Waals surface area contributed by atoms with Gasteiger partial charge in [-0.1, -0.05) is 61.4 Å². The van der Waals surface area contributed by atoms with Crippen molar-refractivity contribution in [1.29, 1.82) is 0 Å². The van der Waals surface area contributed by atoms with Crippen molar-refractivity contribution >= 4 is 11.1 Å². The predicted molar refractivity (Wildman–Crippen MR) is 85.4 cm³/mol. The normalized spacial score (nSPS) is 23.6. The highest BCUT2D eigenvalue weighted by Gasteiger charge is 2.29. The lowest BCUT2D eigenvalue weighted by Gasteiger charge is -2.31. The molecule has 21 heavy (non-hydrogen) atoms. The SMILES string of the molecule is O=[S@](O[C@H]1CCCC[C@@H]1c1ccccc1)c1ccccc1. The molecule has 3 heteroatoms. The zero-order valence-corrected chi connectivity index (χ0v) is 12.8. The molecule has 110 valence electrons. The summed E-state index contributed by atoms with van der Waals surface area (Å²) >= 11 is -1.38. The molecule has 1 fully saturated rings. The third kappa shape index (κ3) is 3.60. The smallest absolute Gasteiger partial charge is 0.189 e. The Bertz CT molecular complexity index is 583. The van der Waals surface area contributed by atoms with Gasteiger partial charge in [-0.05, 0) is 30.5 Å². The van der Waals surface area contributed by atoms with Crippen LogP contribution in [0.2, 0.25) is 0 Å². The molecule has 0 bridgehead atoms. The summed E-state index contributed by atoms with van der Waals surface area (Å²) < 4.78 is 18.3. The average molecular weight is 300 g/mol. The van der Waals surface area contributed by atoms with Gasteiger partial charge in [-0.25, -0.2) is 4.21 Å². The van der Waals surface area contributed by atoms with Crippen molar-refractivity contribution in [3.8, 4) is 0 Å². The van der Waals surface area contributed by atoms with Crippen molar-refractivity contribution < 1.29 is 8.39 Å². The maximum atomic E-state index is 12.4. The van der Waals surface area contributed by atoms with Gasteiger partial charge in [0.2, 0.25) is 0 Å². The number of rotatable bonds is 4. The van der Waals surface area contributed by atoms with Crippen LogP contribution in [-0.2, 0) is 15.3 Å². The zero-order chi connectivity index (χ0) is 14.5. The lowest BCUT2D eigenvalue weighted by Crippen LogP contribution is -2.27. The van der Waals surface area contributed by atoms with Gasteiger partial charge in [0.1, 0.15) is 0 Å². The standard InChI is InChI=1S/C18H20O2S/c19-21(16-11-5-2-6-12-16)20-18-14-8-7-13-17(18)15-9-3-1-4-10-15/h1-6,9-12,17-18H,7-8,13-14H2/t17-,18+,21-/m1/s1. The monoisotopic (exact) mass is 300 g/mol. The fraction of sp³-hybridized carbons (Fsp3) is 0.333. The highest BCUT2D eigenvalue weighted by molar-refractivity contribution is 7.80. The van der Waals surface area contributed by atoms with Crippen molar-refractivity contribution in [2.75, 3.05) is 0 Å². The topological polar surface area (TPSA) is 26.3 Å². The number of benzene rings is 2. The molecule has 3 atom stereocenters. The van der Waals surface area contributed by atoms with Crippen LogP contribution in [-0.4, -0.2) is 10.3 Å². The van der Waals surface area contributed by atoms with Gasteiger partial charge in [-0.2, -0.15) is 0 Å². The largest absolute Gasteiger partial charge is 0.283 e. The van der Waals surface area contributed by atoms with Crippen LogP contribution in [0.4, 0.5) is 0 Å². The minimum absolute atomic E-state index is 0.0437. The van der Waals surface area contributed by atoms with Crippen LogP contribution in [0.15, 0.2) is 65.6 Å². The second kappa shape index (κ2) is 7.01. The summed E-state index contributed by atoms with van der Waals surface area (Å²) in [6.45, 7) is 0. The molecule has 0 N–H and O–H groups in total. The summed E-state index contributed by atoms with van der Waals surface area (Å²) in [7, 11) is 0. The maximum Gasteiger partial charge on any atom is 0.189 e. The Morgan fingerprint density at radius 2 is 1.48 bits per heavy atom. The van der Waals surface area contributed by atoms with Gasteiger partial charge in [-0.3, -0.25) is 4.18 Å². The Morgan fingerprint density at radius 1 is 0.857 bits per heavy atom. The van der Waals surface area contributed by atoms with Gasteiger partial charge >= 0.3 is 0 Å². The van der Waals surface area contributed by atoms with Crippen molar-refractivity contribution in [3.63, 3.8) is 0 Å². The summed E-state index contributed by atoms with van der Waals surface area (Å²) in [6, 6.07) is 19.9. The first-order chi connectivity index (χ1) is 10.3. The predicted octanol–water partition coefficient (Wildman–Crippen LogP) is 4.45. The molecular weight excluding hydrogens is 280 g/mol. The van der Waals surface area contributed by atoms with Gasteiger partial charge in [0, 0.05) is 5.92 Å². The van der Waals surface area contributed by atoms with E-state index in [4.69, 9.17) is 4.18 Å². The van der Waals surface area contributed by atoms with Crippen LogP contribution in [0.25, 0.3) is 0 Å². The van der Waals surface area contributed by atoms with Gasteiger partial charge < -0.3 is 0 Å². The average Bonchev–Trinajstić information content (AvgIpc) is 2.57. The highest BCUT2D eigenvalue weighted by Crippen LogP contribution is 2.35. The fourth-order valence-corrected chi connectivity index (χ4v) is 3.94. The van der Waals surface area contributed by atoms with E-state index in [9.17, 15) is 4.21 Å². The Balaban J connectivity index is 1.75. The first kappa shape index (κ1) is 14.5. The Hall–Kier alpha value is -1.45. The van der Waals surface area contributed by atoms with Crippen molar-refractivity contribution in [2.45, 2.75) is 42.6 Å². The third-order valence-electron chi connectivity index (χ3n) is 4.08. The fourth-order valence-electron chi connectivity index (χ4n) is 2.99. The van der Waals surface area contributed by atoms with E-state index in [-0.39, 0.29) is 6.10 Å². The van der Waals surface area contributed by atoms with E-state index in [1.807, 2.05) is 36.4 Å². The first-order valence-electron chi connectivity index (χ1n) is 7.53. The van der Waals surface area contributed by atoms with Crippen LogP contribution >= 0.6 is 0 Å². The molecule has 1 saturated carbocycles. The molecular formula is C18H20O2S. The molecule has 3 rings (SSSR count). The van der Waals surface area contributed by atoms with E-state index in [0.29, 0.717) is 5.92 Å². The van der Waals surface area contributed by atoms with Crippen LogP contribution in [0.5, 0.6) is 0 Å². The molecule has 0 aromatic heterocycles. The minimum Gasteiger partial charge on any atom is -0.283 e. The Kier molecular flexibility index (Phi) is 4.84. The second-order valence-electron chi connectivity index (χ2n) is 5.48. The highest BCUT2D eigenvalue weighted by atomic mass is 32.2. The van der Waals surface area contributed by atoms with Crippen molar-refractivity contribution in [3.05, 3.63) is 66.2 Å². The van der Waals surface area contributed by atoms with Gasteiger partial charge in [0.15, 0.2) is 11.1 Å². The second-order valence-corrected chi connectivity index (χ2v) is 6.62. The van der Waals surface area contributed by atoms with Crippen LogP contribution < -0.4 is 0 Å². The molecule has 0 saturated heterocycles. The molecule has 0 spiro atoms. The minimum atomic E-state index is -1.38. The van der Waals surface area contributed by atoms with E-state index in [1.54, 1.807) is 0 Å². The summed E-state index contributed by atoms with van der Waals surface area (Å²) in [5.41, 5.74) is 1.30. The maximum absolute atomic E-state index is 12.4. The van der Waals surface area contributed by atoms with E-state index in [0.717, 1.165) is 24.2 Å². The van der Waals surface area contributed by atoms with Gasteiger partial charge in [0.05, 0.1) is 11.0 Å². The van der Waals surface area contributed by atoms with Gasteiger partial charge in [0.25, 0.3) is 0 Å². The molecule has 0 heterocycles. The molecule has 1 aliphatic carbocycles. The van der Waals surface area contributed by atoms with Crippen LogP contribution in [0.1, 0.15) is 37.2 Å². The molecule has 0 amide bonds. The molecule has 2 aromatic rings. The molecule has 0 aliphatic heterocycles. The molecule has 0 radical (unpaired) electrons. The van der Waals surface area contributed by atoms with E-state index in [1.165, 1.54) is 12.0 Å². The number of hydrogen-bond donors (Lipinski definition) is 0. The quantitative estimate of drug-likeness (QED) is 0.833. The molecule has 1 aliphatic rings. The van der Waals surface area contributed by atoms with E-state index < -0.39 is 11.1 Å². The summed E-state index contributed by atoms with van der Waals surface area (Å²) in [5, 5.41) is 0. The van der Waals surface area contributed by atoms with E-state index in [2.05, 4.69) is 24.3 Å². The summed E-state index contributed by atoms with van der Waals surface area (Å²) in [6.07, 6.45) is 4.51. The Labute approximate surface area is 128 Å². The summed E-state index contributed by atoms with van der Waals surface area (Å²) in [5.74, 6) is 0.354. The van der Waals surface area contributed by atoms with Crippen LogP contribution in [0, 0.1) is 0 Å². The van der Waals surface area contributed by atoms with Crippen LogP contribution in [0.3, 0.4) is 0 Å². The molecule has 2 aromatic carbocycles. The number of hydrogen-bond acceptors (Lipinski definition) is 2. The van der Waals surface area contributed by atoms with E-state index >= 15 is 0 Å². The third-order valence-corrected chi connectivity index (χ3v) is 5.16. The van der Waals surface area contributed by atoms with Crippen molar-refractivity contribution in [2.24, 2.45) is 0 Å². The van der Waals surface area contributed by atoms with Crippen molar-refractivity contribution in [1.82, 2.24) is 0 Å².